The van der Waals surface area contributed by atoms with Crippen molar-refractivity contribution in [1.82, 2.24) is 15.1 Å². The Labute approximate surface area is 96.4 Å². The summed E-state index contributed by atoms with van der Waals surface area (Å²) in [5.41, 5.74) is 5.47. The molecule has 0 bridgehead atoms. The van der Waals surface area contributed by atoms with Crippen molar-refractivity contribution < 1.29 is 19.5 Å². The van der Waals surface area contributed by atoms with Crippen LogP contribution in [0.15, 0.2) is 12.3 Å². The lowest BCUT2D eigenvalue weighted by molar-refractivity contribution is -0.145. The minimum absolute atomic E-state index is 0.0550. The summed E-state index contributed by atoms with van der Waals surface area (Å²) in [6.45, 7) is -0.977. The lowest BCUT2D eigenvalue weighted by Crippen LogP contribution is -2.42. The monoisotopic (exact) mass is 240 g/mol. The van der Waals surface area contributed by atoms with Crippen LogP contribution in [0.2, 0.25) is 0 Å². The van der Waals surface area contributed by atoms with Crippen LogP contribution in [-0.4, -0.2) is 51.1 Å². The molecule has 0 aromatic carbocycles. The number of nitrogens with one attached hydrogen (secondary N) is 1. The Morgan fingerprint density at radius 1 is 1.41 bits per heavy atom. The average molecular weight is 240 g/mol. The van der Waals surface area contributed by atoms with E-state index in [2.05, 4.69) is 10.2 Å². The number of amides is 2. The highest BCUT2D eigenvalue weighted by molar-refractivity contribution is 5.87. The molecule has 2 amide bonds. The number of carboxylic acids is 1. The van der Waals surface area contributed by atoms with Crippen molar-refractivity contribution in [3.8, 4) is 0 Å². The third-order valence-electron chi connectivity index (χ3n) is 1.93. The molecular weight excluding hydrogens is 228 g/mol. The zero-order valence-electron chi connectivity index (χ0n) is 8.92. The summed E-state index contributed by atoms with van der Waals surface area (Å²) in [5.74, 6) is -2.47. The molecule has 0 aliphatic heterocycles. The van der Waals surface area contributed by atoms with Crippen LogP contribution in [0.25, 0.3) is 0 Å². The second-order valence-corrected chi connectivity index (χ2v) is 3.37. The Morgan fingerprint density at radius 2 is 2.12 bits per heavy atom. The first-order chi connectivity index (χ1) is 7.99. The third-order valence-corrected chi connectivity index (χ3v) is 1.93. The summed E-state index contributed by atoms with van der Waals surface area (Å²) < 4.78 is 0. The molecule has 0 aliphatic rings. The van der Waals surface area contributed by atoms with Gasteiger partial charge in [-0.05, 0) is 6.07 Å². The maximum absolute atomic E-state index is 11.7. The van der Waals surface area contributed by atoms with E-state index in [4.69, 9.17) is 10.8 Å². The lowest BCUT2D eigenvalue weighted by Gasteiger charge is -2.18. The molecule has 0 radical (unpaired) electrons. The van der Waals surface area contributed by atoms with E-state index in [9.17, 15) is 14.4 Å². The fraction of sp³-hybridized carbons (Fsp3) is 0.333. The number of carboxylic acid groups (broad SMARTS) is 1. The van der Waals surface area contributed by atoms with Gasteiger partial charge in [-0.2, -0.15) is 5.10 Å². The van der Waals surface area contributed by atoms with Gasteiger partial charge in [-0.1, -0.05) is 0 Å². The quantitative estimate of drug-likeness (QED) is 0.548. The predicted octanol–water partition coefficient (Wildman–Crippen LogP) is -1.65. The number of nitrogens with zero attached hydrogens (tertiary/aromatic N) is 2. The number of H-pyrrole nitrogens is 1. The maximum Gasteiger partial charge on any atom is 0.323 e. The zero-order valence-corrected chi connectivity index (χ0v) is 8.92. The summed E-state index contributed by atoms with van der Waals surface area (Å²) in [6.07, 6.45) is 1.42. The van der Waals surface area contributed by atoms with Crippen molar-refractivity contribution in [2.75, 3.05) is 13.1 Å². The van der Waals surface area contributed by atoms with E-state index in [1.54, 1.807) is 6.07 Å². The molecule has 0 aliphatic carbocycles. The van der Waals surface area contributed by atoms with Gasteiger partial charge in [0, 0.05) is 11.9 Å². The number of aromatic nitrogens is 2. The minimum atomic E-state index is -1.20. The molecule has 1 aromatic heterocycles. The van der Waals surface area contributed by atoms with Crippen LogP contribution in [-0.2, 0) is 20.8 Å². The van der Waals surface area contributed by atoms with Gasteiger partial charge < -0.3 is 15.7 Å². The second kappa shape index (κ2) is 5.64. The lowest BCUT2D eigenvalue weighted by atomic mass is 10.2. The molecule has 0 saturated heterocycles. The van der Waals surface area contributed by atoms with Crippen molar-refractivity contribution >= 4 is 17.8 Å². The van der Waals surface area contributed by atoms with Crippen LogP contribution in [0, 0.1) is 0 Å². The van der Waals surface area contributed by atoms with Gasteiger partial charge in [0.25, 0.3) is 0 Å². The van der Waals surface area contributed by atoms with Gasteiger partial charge in [-0.3, -0.25) is 19.5 Å². The average Bonchev–Trinajstić information content (AvgIpc) is 2.67. The number of carbonyl (C=O) groups excluding carboxylic acids is 2. The second-order valence-electron chi connectivity index (χ2n) is 3.37. The Hall–Kier alpha value is -2.38. The molecule has 0 spiro atoms. The van der Waals surface area contributed by atoms with Gasteiger partial charge in [0.1, 0.15) is 6.54 Å². The molecule has 4 N–H and O–H groups in total. The highest BCUT2D eigenvalue weighted by atomic mass is 16.4. The first-order valence-electron chi connectivity index (χ1n) is 4.75. The van der Waals surface area contributed by atoms with Gasteiger partial charge in [0.05, 0.1) is 13.0 Å². The van der Waals surface area contributed by atoms with Gasteiger partial charge in [0.15, 0.2) is 0 Å². The fourth-order valence-electron chi connectivity index (χ4n) is 1.24. The molecule has 1 heterocycles. The number of hydrogen-bond acceptors (Lipinski definition) is 4. The number of primary amides is 1. The van der Waals surface area contributed by atoms with E-state index in [1.165, 1.54) is 6.20 Å². The Kier molecular flexibility index (Phi) is 4.21. The SMILES string of the molecule is NC(=O)CN(CC(=O)O)C(=O)Cc1ccn[nH]1. The van der Waals surface area contributed by atoms with Crippen molar-refractivity contribution in [1.29, 1.82) is 0 Å². The number of aliphatic carboxylic acids is 1. The predicted molar refractivity (Wildman–Crippen MR) is 55.7 cm³/mol. The van der Waals surface area contributed by atoms with Crippen LogP contribution in [0.4, 0.5) is 0 Å². The minimum Gasteiger partial charge on any atom is -0.480 e. The maximum atomic E-state index is 11.7. The topological polar surface area (TPSA) is 129 Å². The summed E-state index contributed by atoms with van der Waals surface area (Å²) in [7, 11) is 0. The molecule has 0 fully saturated rings. The van der Waals surface area contributed by atoms with Crippen LogP contribution in [0.3, 0.4) is 0 Å². The van der Waals surface area contributed by atoms with E-state index in [1.807, 2.05) is 0 Å². The molecule has 8 nitrogen and oxygen atoms in total. The normalized spacial score (nSPS) is 9.88. The highest BCUT2D eigenvalue weighted by Gasteiger charge is 2.19. The first-order valence-corrected chi connectivity index (χ1v) is 4.75. The summed E-state index contributed by atoms with van der Waals surface area (Å²) in [4.78, 5) is 33.8. The molecular formula is C9H12N4O4. The van der Waals surface area contributed by atoms with Crippen LogP contribution in [0.1, 0.15) is 5.69 Å². The molecule has 0 atom stereocenters. The Balaban J connectivity index is 2.65. The van der Waals surface area contributed by atoms with Crippen molar-refractivity contribution in [2.24, 2.45) is 5.73 Å². The summed E-state index contributed by atoms with van der Waals surface area (Å²) >= 11 is 0. The molecule has 17 heavy (non-hydrogen) atoms. The first kappa shape index (κ1) is 12.7. The Bertz CT molecular complexity index is 399. The van der Waals surface area contributed by atoms with Gasteiger partial charge in [-0.15, -0.1) is 0 Å². The van der Waals surface area contributed by atoms with Crippen molar-refractivity contribution in [2.45, 2.75) is 6.42 Å². The summed E-state index contributed by atoms with van der Waals surface area (Å²) in [6, 6.07) is 1.58. The van der Waals surface area contributed by atoms with E-state index in [-0.39, 0.29) is 6.42 Å². The zero-order chi connectivity index (χ0) is 12.8. The van der Waals surface area contributed by atoms with E-state index < -0.39 is 30.9 Å². The molecule has 92 valence electrons. The van der Waals surface area contributed by atoms with Crippen molar-refractivity contribution in [3.63, 3.8) is 0 Å². The number of hydrogen-bond donors (Lipinski definition) is 3. The van der Waals surface area contributed by atoms with Gasteiger partial charge >= 0.3 is 5.97 Å². The standard InChI is InChI=1S/C9H12N4O4/c10-7(14)4-13(5-9(16)17)8(15)3-6-1-2-11-12-6/h1-2H,3-5H2,(H2,10,14)(H,11,12)(H,16,17). The van der Waals surface area contributed by atoms with E-state index >= 15 is 0 Å². The smallest absolute Gasteiger partial charge is 0.323 e. The van der Waals surface area contributed by atoms with Crippen LogP contribution in [0.5, 0.6) is 0 Å². The molecule has 0 unspecified atom stereocenters. The number of aromatic amines is 1. The van der Waals surface area contributed by atoms with Crippen LogP contribution < -0.4 is 5.73 Å². The molecule has 8 heteroatoms. The molecule has 1 aromatic rings. The fourth-order valence-corrected chi connectivity index (χ4v) is 1.24. The Morgan fingerprint density at radius 3 is 2.59 bits per heavy atom. The van der Waals surface area contributed by atoms with E-state index in [0.717, 1.165) is 4.90 Å². The van der Waals surface area contributed by atoms with Crippen molar-refractivity contribution in [3.05, 3.63) is 18.0 Å². The third kappa shape index (κ3) is 4.33. The molecule has 0 saturated carbocycles. The van der Waals surface area contributed by atoms with E-state index in [0.29, 0.717) is 5.69 Å². The van der Waals surface area contributed by atoms with Gasteiger partial charge in [-0.25, -0.2) is 0 Å². The molecule has 1 rings (SSSR count). The summed E-state index contributed by atoms with van der Waals surface area (Å²) in [5, 5.41) is 14.8. The largest absolute Gasteiger partial charge is 0.480 e. The van der Waals surface area contributed by atoms with Gasteiger partial charge in [0.2, 0.25) is 11.8 Å². The number of rotatable bonds is 6. The van der Waals surface area contributed by atoms with Crippen LogP contribution >= 0.6 is 0 Å². The number of nitrogens with two attached hydrogens (primary N) is 1. The highest BCUT2D eigenvalue weighted by Crippen LogP contribution is 1.99. The number of carbonyl (C=O) groups is 3.